The van der Waals surface area contributed by atoms with Crippen molar-refractivity contribution in [3.05, 3.63) is 56.4 Å². The zero-order valence-corrected chi connectivity index (χ0v) is 19.0. The molecule has 0 fully saturated rings. The molecule has 0 spiro atoms. The van der Waals surface area contributed by atoms with Gasteiger partial charge in [-0.3, -0.25) is 18.9 Å². The first-order valence-electron chi connectivity index (χ1n) is 10.1. The smallest absolute Gasteiger partial charge is 0.262 e. The van der Waals surface area contributed by atoms with Crippen LogP contribution in [0.15, 0.2) is 29.1 Å². The van der Waals surface area contributed by atoms with Crippen LogP contribution in [0.25, 0.3) is 10.2 Å². The highest BCUT2D eigenvalue weighted by molar-refractivity contribution is 7.92. The summed E-state index contributed by atoms with van der Waals surface area (Å²) in [6.45, 7) is 2.59. The number of fused-ring (bicyclic) bond motifs is 2. The predicted molar refractivity (Wildman–Crippen MR) is 122 cm³/mol. The van der Waals surface area contributed by atoms with Crippen LogP contribution in [0.5, 0.6) is 0 Å². The van der Waals surface area contributed by atoms with E-state index < -0.39 is 10.0 Å². The lowest BCUT2D eigenvalue weighted by atomic mass is 10.1. The molecule has 0 saturated heterocycles. The monoisotopic (exact) mass is 460 g/mol. The van der Waals surface area contributed by atoms with E-state index in [1.165, 1.54) is 11.3 Å². The van der Waals surface area contributed by atoms with Crippen LogP contribution < -0.4 is 15.6 Å². The molecule has 8 nitrogen and oxygen atoms in total. The Morgan fingerprint density at radius 1 is 1.23 bits per heavy atom. The Balaban J connectivity index is 1.62. The van der Waals surface area contributed by atoms with Crippen molar-refractivity contribution in [3.8, 4) is 0 Å². The van der Waals surface area contributed by atoms with Crippen LogP contribution >= 0.6 is 11.3 Å². The molecule has 31 heavy (non-hydrogen) atoms. The minimum atomic E-state index is -3.44. The van der Waals surface area contributed by atoms with Gasteiger partial charge in [0.2, 0.25) is 10.0 Å². The summed E-state index contributed by atoms with van der Waals surface area (Å²) in [5.74, 6) is 0.484. The molecule has 0 unspecified atom stereocenters. The maximum atomic E-state index is 13.1. The molecule has 2 N–H and O–H groups in total. The third kappa shape index (κ3) is 4.49. The zero-order chi connectivity index (χ0) is 22.2. The Morgan fingerprint density at radius 2 is 2.00 bits per heavy atom. The number of aryl methyl sites for hydroxylation is 2. The number of carbonyl (C=O) groups is 1. The van der Waals surface area contributed by atoms with Crippen molar-refractivity contribution in [1.82, 2.24) is 14.9 Å². The molecule has 1 aromatic carbocycles. The highest BCUT2D eigenvalue weighted by atomic mass is 32.2. The molecular formula is C21H24N4O4S2. The highest BCUT2D eigenvalue weighted by Crippen LogP contribution is 2.28. The minimum Gasteiger partial charge on any atom is -0.347 e. The largest absolute Gasteiger partial charge is 0.347 e. The van der Waals surface area contributed by atoms with Crippen LogP contribution in [0.4, 0.5) is 5.69 Å². The van der Waals surface area contributed by atoms with Gasteiger partial charge in [-0.2, -0.15) is 0 Å². The molecule has 0 radical (unpaired) electrons. The molecule has 4 rings (SSSR count). The van der Waals surface area contributed by atoms with Gasteiger partial charge in [-0.15, -0.1) is 11.3 Å². The highest BCUT2D eigenvalue weighted by Gasteiger charge is 2.22. The fourth-order valence-corrected chi connectivity index (χ4v) is 5.56. The van der Waals surface area contributed by atoms with Gasteiger partial charge in [0, 0.05) is 19.5 Å². The molecule has 0 atom stereocenters. The van der Waals surface area contributed by atoms with Crippen molar-refractivity contribution in [3.63, 3.8) is 0 Å². The van der Waals surface area contributed by atoms with Gasteiger partial charge in [-0.25, -0.2) is 13.4 Å². The molecule has 0 saturated carbocycles. The number of hydrogen-bond acceptors (Lipinski definition) is 6. The lowest BCUT2D eigenvalue weighted by Crippen LogP contribution is -2.25. The quantitative estimate of drug-likeness (QED) is 0.608. The number of benzene rings is 1. The summed E-state index contributed by atoms with van der Waals surface area (Å²) >= 11 is 1.23. The molecule has 0 aliphatic carbocycles. The van der Waals surface area contributed by atoms with E-state index in [1.54, 1.807) is 35.8 Å². The number of nitrogens with zero attached hydrogens (tertiary/aromatic N) is 2. The average Bonchev–Trinajstić information content (AvgIpc) is 2.87. The molecule has 10 heteroatoms. The lowest BCUT2D eigenvalue weighted by Gasteiger charge is -2.11. The van der Waals surface area contributed by atoms with E-state index >= 15 is 0 Å². The summed E-state index contributed by atoms with van der Waals surface area (Å²) in [4.78, 5) is 31.7. The Kier molecular flexibility index (Phi) is 5.85. The first-order chi connectivity index (χ1) is 14.7. The summed E-state index contributed by atoms with van der Waals surface area (Å²) in [7, 11) is -3.44. The van der Waals surface area contributed by atoms with E-state index in [-0.39, 0.29) is 18.0 Å². The third-order valence-electron chi connectivity index (χ3n) is 5.37. The number of thiophene rings is 1. The lowest BCUT2D eigenvalue weighted by molar-refractivity contribution is 0.0954. The van der Waals surface area contributed by atoms with Crippen molar-refractivity contribution < 1.29 is 13.2 Å². The molecule has 3 heterocycles. The first-order valence-corrected chi connectivity index (χ1v) is 12.8. The van der Waals surface area contributed by atoms with E-state index in [0.29, 0.717) is 38.5 Å². The molecule has 1 aliphatic heterocycles. The van der Waals surface area contributed by atoms with E-state index in [1.807, 2.05) is 0 Å². The summed E-state index contributed by atoms with van der Waals surface area (Å²) in [6, 6.07) is 6.89. The number of hydrogen-bond donors (Lipinski definition) is 2. The standard InChI is InChI=1S/C21H24N4O4S2/c1-13-17-20(23-16-10-4-3-7-11-25(16)21(17)27)30-18(13)19(26)22-12-14-8-5-6-9-15(14)24-31(2,28)29/h5-6,8-9,24H,3-4,7,10-12H2,1-2H3,(H,22,26). The maximum Gasteiger partial charge on any atom is 0.262 e. The second kappa shape index (κ2) is 8.43. The number of sulfonamides is 1. The predicted octanol–water partition coefficient (Wildman–Crippen LogP) is 2.79. The Hall–Kier alpha value is -2.72. The zero-order valence-electron chi connectivity index (χ0n) is 17.4. The summed E-state index contributed by atoms with van der Waals surface area (Å²) < 4.78 is 27.4. The van der Waals surface area contributed by atoms with Crippen molar-refractivity contribution in [1.29, 1.82) is 0 Å². The molecular weight excluding hydrogens is 436 g/mol. The van der Waals surface area contributed by atoms with Crippen LogP contribution in [0, 0.1) is 6.92 Å². The van der Waals surface area contributed by atoms with E-state index in [9.17, 15) is 18.0 Å². The number of para-hydroxylation sites is 1. The summed E-state index contributed by atoms with van der Waals surface area (Å²) in [5.41, 5.74) is 1.63. The molecule has 164 valence electrons. The van der Waals surface area contributed by atoms with E-state index in [0.717, 1.165) is 37.8 Å². The van der Waals surface area contributed by atoms with Crippen LogP contribution in [0.3, 0.4) is 0 Å². The van der Waals surface area contributed by atoms with Gasteiger partial charge >= 0.3 is 0 Å². The minimum absolute atomic E-state index is 0.0719. The summed E-state index contributed by atoms with van der Waals surface area (Å²) in [5, 5.41) is 3.36. The number of amides is 1. The van der Waals surface area contributed by atoms with Gasteiger partial charge in [-0.05, 0) is 37.0 Å². The third-order valence-corrected chi connectivity index (χ3v) is 7.15. The first kappa shape index (κ1) is 21.5. The normalized spacial score (nSPS) is 14.1. The fraction of sp³-hybridized carbons (Fsp3) is 0.381. The Morgan fingerprint density at radius 3 is 2.77 bits per heavy atom. The number of anilines is 1. The average molecular weight is 461 g/mol. The Bertz CT molecular complexity index is 1330. The number of rotatable bonds is 5. The second-order valence-corrected chi connectivity index (χ2v) is 10.5. The maximum absolute atomic E-state index is 13.1. The van der Waals surface area contributed by atoms with Gasteiger partial charge in [0.25, 0.3) is 11.5 Å². The molecule has 1 aliphatic rings. The SMILES string of the molecule is Cc1c(C(=O)NCc2ccccc2NS(C)(=O)=O)sc2nc3n(c(=O)c12)CCCCC3. The molecule has 3 aromatic rings. The van der Waals surface area contributed by atoms with Crippen LogP contribution in [0.2, 0.25) is 0 Å². The fourth-order valence-electron chi connectivity index (χ4n) is 3.86. The number of carbonyl (C=O) groups excluding carboxylic acids is 1. The van der Waals surface area contributed by atoms with Crippen LogP contribution in [0.1, 0.15) is 45.9 Å². The van der Waals surface area contributed by atoms with Crippen LogP contribution in [-0.2, 0) is 29.5 Å². The van der Waals surface area contributed by atoms with Gasteiger partial charge in [0.15, 0.2) is 0 Å². The van der Waals surface area contributed by atoms with Gasteiger partial charge in [0.05, 0.1) is 22.2 Å². The van der Waals surface area contributed by atoms with Crippen molar-refractivity contribution >= 4 is 43.2 Å². The molecule has 1 amide bonds. The van der Waals surface area contributed by atoms with Gasteiger partial charge in [-0.1, -0.05) is 24.6 Å². The number of nitrogens with one attached hydrogen (secondary N) is 2. The Labute approximate surface area is 184 Å². The van der Waals surface area contributed by atoms with E-state index in [4.69, 9.17) is 4.98 Å². The van der Waals surface area contributed by atoms with Crippen LogP contribution in [-0.4, -0.2) is 30.1 Å². The number of aromatic nitrogens is 2. The van der Waals surface area contributed by atoms with Gasteiger partial charge < -0.3 is 5.32 Å². The van der Waals surface area contributed by atoms with Crippen molar-refractivity contribution in [2.45, 2.75) is 45.7 Å². The second-order valence-electron chi connectivity index (χ2n) is 7.75. The summed E-state index contributed by atoms with van der Waals surface area (Å²) in [6.07, 6.45) is 4.90. The van der Waals surface area contributed by atoms with Crippen molar-refractivity contribution in [2.75, 3.05) is 11.0 Å². The van der Waals surface area contributed by atoms with E-state index in [2.05, 4.69) is 10.0 Å². The molecule has 2 aromatic heterocycles. The van der Waals surface area contributed by atoms with Crippen molar-refractivity contribution in [2.24, 2.45) is 0 Å². The topological polar surface area (TPSA) is 110 Å². The van der Waals surface area contributed by atoms with Gasteiger partial charge in [0.1, 0.15) is 10.7 Å². The molecule has 0 bridgehead atoms.